The summed E-state index contributed by atoms with van der Waals surface area (Å²) in [7, 11) is -7.64. The van der Waals surface area contributed by atoms with Crippen LogP contribution in [0.15, 0.2) is 64.4 Å². The minimum atomic E-state index is -3.97. The van der Waals surface area contributed by atoms with Crippen LogP contribution >= 0.6 is 12.4 Å². The van der Waals surface area contributed by atoms with Gasteiger partial charge in [0.1, 0.15) is 4.90 Å². The number of nitrogens with two attached hydrogens (primary N) is 1. The van der Waals surface area contributed by atoms with Crippen molar-refractivity contribution in [2.24, 2.45) is 5.73 Å². The van der Waals surface area contributed by atoms with Crippen LogP contribution < -0.4 is 5.73 Å². The van der Waals surface area contributed by atoms with Crippen molar-refractivity contribution in [2.45, 2.75) is 16.2 Å². The maximum Gasteiger partial charge on any atom is 0.244 e. The van der Waals surface area contributed by atoms with E-state index in [0.717, 1.165) is 11.8 Å². The minimum Gasteiger partial charge on any atom is -0.329 e. The Balaban J connectivity index is 0.00000338. The molecule has 0 fully saturated rings. The van der Waals surface area contributed by atoms with Crippen molar-refractivity contribution < 1.29 is 16.8 Å². The summed E-state index contributed by atoms with van der Waals surface area (Å²) in [5.74, 6) is 0. The van der Waals surface area contributed by atoms with Crippen LogP contribution in [0.2, 0.25) is 0 Å². The lowest BCUT2D eigenvalue weighted by molar-refractivity contribution is 0.420. The normalized spacial score (nSPS) is 12.0. The van der Waals surface area contributed by atoms with Gasteiger partial charge in [0, 0.05) is 25.9 Å². The topological polar surface area (TPSA) is 97.5 Å². The van der Waals surface area contributed by atoms with E-state index in [1.54, 1.807) is 0 Å². The van der Waals surface area contributed by atoms with Crippen molar-refractivity contribution in [1.29, 1.82) is 0 Å². The molecule has 0 heterocycles. The molecule has 0 bridgehead atoms. The molecule has 2 aromatic carbocycles. The fraction of sp³-hybridized carbons (Fsp3) is 0.294. The smallest absolute Gasteiger partial charge is 0.244 e. The van der Waals surface area contributed by atoms with E-state index in [0.29, 0.717) is 6.42 Å². The maximum absolute atomic E-state index is 13.0. The summed E-state index contributed by atoms with van der Waals surface area (Å²) in [6.07, 6.45) is 1.51. The number of halogens is 1. The molecule has 2 aromatic rings. The van der Waals surface area contributed by atoms with Gasteiger partial charge in [0.05, 0.1) is 4.90 Å². The summed E-state index contributed by atoms with van der Waals surface area (Å²) in [5, 5.41) is 0. The molecule has 0 aliphatic carbocycles. The summed E-state index contributed by atoms with van der Waals surface area (Å²) in [6, 6.07) is 15.1. The Morgan fingerprint density at radius 2 is 1.38 bits per heavy atom. The predicted octanol–water partition coefficient (Wildman–Crippen LogP) is 1.70. The lowest BCUT2D eigenvalue weighted by Gasteiger charge is -2.22. The first-order valence-corrected chi connectivity index (χ1v) is 11.1. The number of rotatable bonds is 8. The predicted molar refractivity (Wildman–Crippen MR) is 105 cm³/mol. The van der Waals surface area contributed by atoms with Gasteiger partial charge in [0.2, 0.25) is 10.0 Å². The van der Waals surface area contributed by atoms with Crippen LogP contribution in [0.4, 0.5) is 0 Å². The van der Waals surface area contributed by atoms with Crippen molar-refractivity contribution in [3.63, 3.8) is 0 Å². The molecule has 0 atom stereocenters. The third-order valence-electron chi connectivity index (χ3n) is 3.74. The van der Waals surface area contributed by atoms with Gasteiger partial charge >= 0.3 is 0 Å². The molecule has 0 saturated heterocycles. The van der Waals surface area contributed by atoms with E-state index < -0.39 is 19.9 Å². The van der Waals surface area contributed by atoms with Gasteiger partial charge in [0.25, 0.3) is 0 Å². The second-order valence-electron chi connectivity index (χ2n) is 5.65. The summed E-state index contributed by atoms with van der Waals surface area (Å²) >= 11 is 0. The molecule has 0 aliphatic heterocycles. The molecule has 0 amide bonds. The average Bonchev–Trinajstić information content (AvgIpc) is 2.58. The number of hydrogen-bond donors (Lipinski definition) is 1. The molecule has 2 rings (SSSR count). The average molecular weight is 419 g/mol. The summed E-state index contributed by atoms with van der Waals surface area (Å²) in [4.78, 5) is -0.407. The van der Waals surface area contributed by atoms with Gasteiger partial charge in [-0.2, -0.15) is 4.31 Å². The van der Waals surface area contributed by atoms with Gasteiger partial charge in [0.15, 0.2) is 9.84 Å². The number of hydrogen-bond acceptors (Lipinski definition) is 5. The molecule has 0 spiro atoms. The zero-order valence-electron chi connectivity index (χ0n) is 14.4. The summed E-state index contributed by atoms with van der Waals surface area (Å²) in [6.45, 7) is 0.490. The highest BCUT2D eigenvalue weighted by atomic mass is 35.5. The van der Waals surface area contributed by atoms with Crippen LogP contribution in [0.3, 0.4) is 0 Å². The molecule has 0 aromatic heterocycles. The van der Waals surface area contributed by atoms with E-state index in [2.05, 4.69) is 0 Å². The van der Waals surface area contributed by atoms with Crippen LogP contribution in [-0.2, 0) is 26.3 Å². The zero-order valence-corrected chi connectivity index (χ0v) is 16.9. The highest BCUT2D eigenvalue weighted by Crippen LogP contribution is 2.24. The van der Waals surface area contributed by atoms with E-state index in [4.69, 9.17) is 5.73 Å². The van der Waals surface area contributed by atoms with Gasteiger partial charge in [-0.3, -0.25) is 0 Å². The fourth-order valence-corrected chi connectivity index (χ4v) is 5.56. The highest BCUT2D eigenvalue weighted by molar-refractivity contribution is 7.93. The first kappa shape index (κ1) is 22.6. The van der Waals surface area contributed by atoms with Gasteiger partial charge in [-0.1, -0.05) is 42.5 Å². The lowest BCUT2D eigenvalue weighted by Crippen LogP contribution is -2.37. The molecule has 0 unspecified atom stereocenters. The number of sulfonamides is 1. The lowest BCUT2D eigenvalue weighted by atomic mass is 10.1. The monoisotopic (exact) mass is 418 g/mol. The molecular weight excluding hydrogens is 396 g/mol. The van der Waals surface area contributed by atoms with Crippen molar-refractivity contribution in [3.05, 3.63) is 60.2 Å². The molecular formula is C17H23ClN2O4S2. The number of sulfone groups is 1. The van der Waals surface area contributed by atoms with Gasteiger partial charge in [-0.05, 0) is 24.1 Å². The van der Waals surface area contributed by atoms with Gasteiger partial charge in [-0.25, -0.2) is 16.8 Å². The van der Waals surface area contributed by atoms with Crippen LogP contribution in [0.5, 0.6) is 0 Å². The molecule has 144 valence electrons. The second kappa shape index (κ2) is 9.48. The van der Waals surface area contributed by atoms with Crippen molar-refractivity contribution in [2.75, 3.05) is 25.9 Å². The second-order valence-corrected chi connectivity index (χ2v) is 9.54. The Kier molecular flexibility index (Phi) is 8.23. The Morgan fingerprint density at radius 3 is 1.92 bits per heavy atom. The first-order chi connectivity index (χ1) is 11.8. The fourth-order valence-electron chi connectivity index (χ4n) is 2.50. The summed E-state index contributed by atoms with van der Waals surface area (Å²) in [5.41, 5.74) is 6.57. The maximum atomic E-state index is 13.0. The SMILES string of the molecule is CS(=O)(=O)c1ccccc1S(=O)(=O)N(CCN)CCc1ccccc1.Cl. The van der Waals surface area contributed by atoms with E-state index in [9.17, 15) is 16.8 Å². The first-order valence-electron chi connectivity index (χ1n) is 7.80. The summed E-state index contributed by atoms with van der Waals surface area (Å²) < 4.78 is 51.2. The van der Waals surface area contributed by atoms with E-state index in [1.165, 1.54) is 28.6 Å². The van der Waals surface area contributed by atoms with Gasteiger partial charge < -0.3 is 5.73 Å². The molecule has 9 heteroatoms. The molecule has 26 heavy (non-hydrogen) atoms. The number of nitrogens with zero attached hydrogens (tertiary/aromatic N) is 1. The quantitative estimate of drug-likeness (QED) is 0.703. The molecule has 0 radical (unpaired) electrons. The Morgan fingerprint density at radius 1 is 0.846 bits per heavy atom. The van der Waals surface area contributed by atoms with Crippen molar-refractivity contribution >= 4 is 32.3 Å². The Hall–Kier alpha value is -1.45. The van der Waals surface area contributed by atoms with Crippen LogP contribution in [0, 0.1) is 0 Å². The standard InChI is InChI=1S/C17H22N2O4S2.ClH/c1-24(20,21)16-9-5-6-10-17(16)25(22,23)19(14-12-18)13-11-15-7-3-2-4-8-15;/h2-10H,11-14,18H2,1H3;1H. The van der Waals surface area contributed by atoms with E-state index in [1.807, 2.05) is 30.3 Å². The highest BCUT2D eigenvalue weighted by Gasteiger charge is 2.29. The van der Waals surface area contributed by atoms with Crippen LogP contribution in [-0.4, -0.2) is 47.0 Å². The Labute approximate surface area is 161 Å². The molecule has 0 saturated carbocycles. The largest absolute Gasteiger partial charge is 0.329 e. The number of benzene rings is 2. The van der Waals surface area contributed by atoms with Crippen LogP contribution in [0.25, 0.3) is 0 Å². The third-order valence-corrected chi connectivity index (χ3v) is 6.98. The third kappa shape index (κ3) is 5.52. The minimum absolute atomic E-state index is 0. The van der Waals surface area contributed by atoms with E-state index >= 15 is 0 Å². The van der Waals surface area contributed by atoms with Crippen molar-refractivity contribution in [3.8, 4) is 0 Å². The van der Waals surface area contributed by atoms with Crippen molar-refractivity contribution in [1.82, 2.24) is 4.31 Å². The molecule has 0 aliphatic rings. The van der Waals surface area contributed by atoms with Gasteiger partial charge in [-0.15, -0.1) is 12.4 Å². The molecule has 6 nitrogen and oxygen atoms in total. The Bertz CT molecular complexity index is 917. The van der Waals surface area contributed by atoms with E-state index in [-0.39, 0.29) is 41.8 Å². The van der Waals surface area contributed by atoms with Crippen LogP contribution in [0.1, 0.15) is 5.56 Å². The zero-order chi connectivity index (χ0) is 18.5. The molecule has 2 N–H and O–H groups in total.